The van der Waals surface area contributed by atoms with Crippen molar-refractivity contribution in [1.82, 2.24) is 15.2 Å². The van der Waals surface area contributed by atoms with Crippen LogP contribution < -0.4 is 5.32 Å². The number of nitrogens with zero attached hydrogens (tertiary/aromatic N) is 2. The number of benzene rings is 2. The molecule has 2 fully saturated rings. The summed E-state index contributed by atoms with van der Waals surface area (Å²) >= 11 is 7.37. The number of amides is 2. The van der Waals surface area contributed by atoms with E-state index in [1.54, 1.807) is 22.4 Å². The van der Waals surface area contributed by atoms with Crippen molar-refractivity contribution in [2.45, 2.75) is 31.0 Å². The van der Waals surface area contributed by atoms with Gasteiger partial charge in [-0.25, -0.2) is 4.98 Å². The van der Waals surface area contributed by atoms with Gasteiger partial charge < -0.3 is 15.0 Å². The third-order valence-electron chi connectivity index (χ3n) is 6.11. The number of likely N-dealkylation sites (tertiary alicyclic amines) is 1. The van der Waals surface area contributed by atoms with Crippen LogP contribution in [0.3, 0.4) is 0 Å². The first-order chi connectivity index (χ1) is 16.5. The molecule has 2 saturated heterocycles. The first-order valence-corrected chi connectivity index (χ1v) is 12.3. The van der Waals surface area contributed by atoms with Gasteiger partial charge in [0.05, 0.1) is 6.10 Å². The Kier molecular flexibility index (Phi) is 6.45. The Morgan fingerprint density at radius 2 is 1.94 bits per heavy atom. The Morgan fingerprint density at radius 1 is 1.18 bits per heavy atom. The SMILES string of the molecule is O=C(NC(Cc1ccc(Cl)cc1)C(=O)N1CCC2OCC(=O)C21)c1csc(-c2ccccc2)n1. The number of halogens is 1. The first kappa shape index (κ1) is 22.7. The molecule has 0 bridgehead atoms. The maximum atomic E-state index is 13.6. The van der Waals surface area contributed by atoms with Crippen molar-refractivity contribution < 1.29 is 19.1 Å². The molecule has 2 amide bonds. The average molecular weight is 496 g/mol. The zero-order valence-electron chi connectivity index (χ0n) is 18.1. The topological polar surface area (TPSA) is 88.6 Å². The van der Waals surface area contributed by atoms with Gasteiger partial charge in [0.1, 0.15) is 29.4 Å². The summed E-state index contributed by atoms with van der Waals surface area (Å²) in [6, 6.07) is 15.3. The minimum Gasteiger partial charge on any atom is -0.368 e. The number of thiazole rings is 1. The highest BCUT2D eigenvalue weighted by molar-refractivity contribution is 7.13. The molecule has 5 rings (SSSR count). The van der Waals surface area contributed by atoms with Crippen LogP contribution in [0, 0.1) is 0 Å². The summed E-state index contributed by atoms with van der Waals surface area (Å²) in [5.41, 5.74) is 2.01. The molecule has 7 nitrogen and oxygen atoms in total. The van der Waals surface area contributed by atoms with Gasteiger partial charge in [0.25, 0.3) is 5.91 Å². The molecular weight excluding hydrogens is 474 g/mol. The second-order valence-electron chi connectivity index (χ2n) is 8.34. The molecule has 3 unspecified atom stereocenters. The van der Waals surface area contributed by atoms with E-state index in [2.05, 4.69) is 10.3 Å². The number of carbonyl (C=O) groups is 3. The van der Waals surface area contributed by atoms with Gasteiger partial charge in [-0.2, -0.15) is 0 Å². The van der Waals surface area contributed by atoms with Gasteiger partial charge in [0.15, 0.2) is 5.78 Å². The van der Waals surface area contributed by atoms with Crippen LogP contribution in [0.5, 0.6) is 0 Å². The number of aromatic nitrogens is 1. The van der Waals surface area contributed by atoms with Gasteiger partial charge in [0, 0.05) is 28.9 Å². The summed E-state index contributed by atoms with van der Waals surface area (Å²) in [7, 11) is 0. The number of fused-ring (bicyclic) bond motifs is 1. The monoisotopic (exact) mass is 495 g/mol. The lowest BCUT2D eigenvalue weighted by Gasteiger charge is -2.27. The van der Waals surface area contributed by atoms with E-state index in [-0.39, 0.29) is 36.5 Å². The normalized spacial score (nSPS) is 20.3. The zero-order valence-corrected chi connectivity index (χ0v) is 19.7. The van der Waals surface area contributed by atoms with Crippen LogP contribution in [-0.2, 0) is 20.7 Å². The predicted molar refractivity (Wildman–Crippen MR) is 129 cm³/mol. The number of ether oxygens (including phenoxy) is 1. The summed E-state index contributed by atoms with van der Waals surface area (Å²) in [4.78, 5) is 45.0. The highest BCUT2D eigenvalue weighted by atomic mass is 35.5. The Morgan fingerprint density at radius 3 is 2.71 bits per heavy atom. The molecule has 2 aliphatic rings. The summed E-state index contributed by atoms with van der Waals surface area (Å²) in [6.07, 6.45) is 0.603. The average Bonchev–Trinajstić information content (AvgIpc) is 3.58. The number of Topliss-reactive ketones (excluding diaryl/α,β-unsaturated/α-hetero) is 1. The fourth-order valence-corrected chi connectivity index (χ4v) is 5.35. The van der Waals surface area contributed by atoms with Crippen molar-refractivity contribution in [3.8, 4) is 10.6 Å². The second kappa shape index (κ2) is 9.66. The largest absolute Gasteiger partial charge is 0.368 e. The summed E-state index contributed by atoms with van der Waals surface area (Å²) < 4.78 is 5.52. The van der Waals surface area contributed by atoms with E-state index in [0.29, 0.717) is 18.0 Å². The molecule has 2 aliphatic heterocycles. The molecule has 1 aromatic heterocycles. The standard InChI is InChI=1S/C25H22ClN3O4S/c26-17-8-6-15(7-9-17)12-18(25(32)29-11-10-21-22(29)20(30)13-33-21)27-23(31)19-14-34-24(28-19)16-4-2-1-3-5-16/h1-9,14,18,21-22H,10-13H2,(H,27,31). The Hall–Kier alpha value is -3.07. The van der Waals surface area contributed by atoms with Crippen LogP contribution in [0.2, 0.25) is 5.02 Å². The summed E-state index contributed by atoms with van der Waals surface area (Å²) in [5, 5.41) is 5.85. The first-order valence-electron chi connectivity index (χ1n) is 11.0. The third-order valence-corrected chi connectivity index (χ3v) is 7.25. The van der Waals surface area contributed by atoms with Gasteiger partial charge in [-0.05, 0) is 24.1 Å². The lowest BCUT2D eigenvalue weighted by molar-refractivity contribution is -0.138. The highest BCUT2D eigenvalue weighted by Gasteiger charge is 2.48. The van der Waals surface area contributed by atoms with E-state index in [4.69, 9.17) is 16.3 Å². The predicted octanol–water partition coefficient (Wildman–Crippen LogP) is 3.37. The van der Waals surface area contributed by atoms with Crippen molar-refractivity contribution in [1.29, 1.82) is 0 Å². The van der Waals surface area contributed by atoms with Gasteiger partial charge in [-0.3, -0.25) is 14.4 Å². The van der Waals surface area contributed by atoms with Gasteiger partial charge in [-0.1, -0.05) is 54.1 Å². The fraction of sp³-hybridized carbons (Fsp3) is 0.280. The molecule has 0 aliphatic carbocycles. The smallest absolute Gasteiger partial charge is 0.271 e. The highest BCUT2D eigenvalue weighted by Crippen LogP contribution is 2.28. The van der Waals surface area contributed by atoms with E-state index in [0.717, 1.165) is 16.1 Å². The minimum atomic E-state index is -0.859. The molecule has 0 saturated carbocycles. The van der Waals surface area contributed by atoms with Crippen LogP contribution in [0.4, 0.5) is 0 Å². The van der Waals surface area contributed by atoms with Crippen molar-refractivity contribution >= 4 is 40.5 Å². The number of nitrogens with one attached hydrogen (secondary N) is 1. The molecule has 3 aromatic rings. The molecule has 2 aromatic carbocycles. The maximum absolute atomic E-state index is 13.6. The number of hydrogen-bond donors (Lipinski definition) is 1. The summed E-state index contributed by atoms with van der Waals surface area (Å²) in [6.45, 7) is 0.441. The zero-order chi connectivity index (χ0) is 23.7. The van der Waals surface area contributed by atoms with E-state index < -0.39 is 18.0 Å². The second-order valence-corrected chi connectivity index (χ2v) is 9.64. The molecule has 174 valence electrons. The molecule has 3 heterocycles. The summed E-state index contributed by atoms with van der Waals surface area (Å²) in [5.74, 6) is -0.830. The molecule has 9 heteroatoms. The Bertz CT molecular complexity index is 1210. The Balaban J connectivity index is 1.37. The quantitative estimate of drug-likeness (QED) is 0.566. The molecular formula is C25H22ClN3O4S. The molecule has 0 spiro atoms. The van der Waals surface area contributed by atoms with E-state index in [9.17, 15) is 14.4 Å². The van der Waals surface area contributed by atoms with Crippen LogP contribution in [0.15, 0.2) is 60.0 Å². The van der Waals surface area contributed by atoms with Crippen molar-refractivity contribution in [3.63, 3.8) is 0 Å². The van der Waals surface area contributed by atoms with Crippen molar-refractivity contribution in [2.24, 2.45) is 0 Å². The van der Waals surface area contributed by atoms with Gasteiger partial charge in [0.2, 0.25) is 5.91 Å². The van der Waals surface area contributed by atoms with Gasteiger partial charge >= 0.3 is 0 Å². The number of ketones is 1. The lowest BCUT2D eigenvalue weighted by atomic mass is 10.0. The van der Waals surface area contributed by atoms with Crippen LogP contribution >= 0.6 is 22.9 Å². The number of hydrogen-bond acceptors (Lipinski definition) is 6. The number of carbonyl (C=O) groups excluding carboxylic acids is 3. The van der Waals surface area contributed by atoms with E-state index in [1.807, 2.05) is 42.5 Å². The van der Waals surface area contributed by atoms with Crippen LogP contribution in [0.1, 0.15) is 22.5 Å². The van der Waals surface area contributed by atoms with E-state index >= 15 is 0 Å². The van der Waals surface area contributed by atoms with E-state index in [1.165, 1.54) is 11.3 Å². The van der Waals surface area contributed by atoms with Crippen molar-refractivity contribution in [2.75, 3.05) is 13.2 Å². The maximum Gasteiger partial charge on any atom is 0.271 e. The molecule has 3 atom stereocenters. The third kappa shape index (κ3) is 4.61. The van der Waals surface area contributed by atoms with Gasteiger partial charge in [-0.15, -0.1) is 11.3 Å². The fourth-order valence-electron chi connectivity index (χ4n) is 4.42. The molecule has 0 radical (unpaired) electrons. The minimum absolute atomic E-state index is 0.0222. The van der Waals surface area contributed by atoms with Crippen LogP contribution in [0.25, 0.3) is 10.6 Å². The molecule has 1 N–H and O–H groups in total. The lowest BCUT2D eigenvalue weighted by Crippen LogP contribution is -2.53. The van der Waals surface area contributed by atoms with Crippen LogP contribution in [-0.4, -0.2) is 58.8 Å². The number of rotatable bonds is 6. The Labute approximate surface area is 205 Å². The van der Waals surface area contributed by atoms with Crippen molar-refractivity contribution in [3.05, 3.63) is 76.3 Å². The molecule has 34 heavy (non-hydrogen) atoms.